The molecule has 4 nitrogen and oxygen atoms in total. The van der Waals surface area contributed by atoms with E-state index in [9.17, 15) is 0 Å². The quantitative estimate of drug-likeness (QED) is 0.671. The largest absolute Gasteiger partial charge is 0.249 e. The van der Waals surface area contributed by atoms with Crippen LogP contribution in [0.2, 0.25) is 0 Å². The van der Waals surface area contributed by atoms with Crippen LogP contribution in [0.3, 0.4) is 0 Å². The minimum absolute atomic E-state index is 0.362. The van der Waals surface area contributed by atoms with Gasteiger partial charge in [-0.1, -0.05) is 31.4 Å². The standard InChI is InChI=1S/C11H18N4/c1-3-4-5-6-9-15-10(2)11(7-8-12)13-14-15/h3-7,9H2,1-2H3. The monoisotopic (exact) mass is 206 g/mol. The molecule has 0 N–H and O–H groups in total. The van der Waals surface area contributed by atoms with Crippen molar-refractivity contribution in [3.05, 3.63) is 11.4 Å². The summed E-state index contributed by atoms with van der Waals surface area (Å²) in [6.45, 7) is 5.10. The van der Waals surface area contributed by atoms with Crippen molar-refractivity contribution in [2.24, 2.45) is 0 Å². The van der Waals surface area contributed by atoms with E-state index in [1.807, 2.05) is 11.6 Å². The molecule has 1 heterocycles. The van der Waals surface area contributed by atoms with Crippen LogP contribution in [0.5, 0.6) is 0 Å². The van der Waals surface area contributed by atoms with Crippen molar-refractivity contribution in [3.63, 3.8) is 0 Å². The number of hydrogen-bond donors (Lipinski definition) is 0. The zero-order valence-electron chi connectivity index (χ0n) is 9.53. The number of hydrogen-bond acceptors (Lipinski definition) is 3. The second kappa shape index (κ2) is 6.18. The number of nitrogens with zero attached hydrogens (tertiary/aromatic N) is 4. The summed E-state index contributed by atoms with van der Waals surface area (Å²) in [6, 6.07) is 2.10. The Morgan fingerprint density at radius 2 is 2.13 bits per heavy atom. The van der Waals surface area contributed by atoms with Crippen LogP contribution in [0.4, 0.5) is 0 Å². The molecule has 1 aromatic heterocycles. The minimum atomic E-state index is 0.362. The molecule has 1 rings (SSSR count). The van der Waals surface area contributed by atoms with E-state index >= 15 is 0 Å². The summed E-state index contributed by atoms with van der Waals surface area (Å²) in [6.07, 6.45) is 5.27. The Kier molecular flexibility index (Phi) is 4.82. The molecule has 0 aromatic carbocycles. The lowest BCUT2D eigenvalue weighted by Gasteiger charge is -2.02. The van der Waals surface area contributed by atoms with Gasteiger partial charge in [0.1, 0.15) is 0 Å². The lowest BCUT2D eigenvalue weighted by Crippen LogP contribution is -2.03. The van der Waals surface area contributed by atoms with Crippen LogP contribution in [0, 0.1) is 18.3 Å². The predicted octanol–water partition coefficient (Wildman–Crippen LogP) is 2.23. The van der Waals surface area contributed by atoms with Gasteiger partial charge in [-0.3, -0.25) is 0 Å². The smallest absolute Gasteiger partial charge is 0.0996 e. The highest BCUT2D eigenvalue weighted by atomic mass is 15.4. The lowest BCUT2D eigenvalue weighted by atomic mass is 10.2. The topological polar surface area (TPSA) is 54.5 Å². The number of aryl methyl sites for hydroxylation is 1. The summed E-state index contributed by atoms with van der Waals surface area (Å²) < 4.78 is 1.91. The summed E-state index contributed by atoms with van der Waals surface area (Å²) >= 11 is 0. The molecule has 0 atom stereocenters. The molecule has 0 amide bonds. The van der Waals surface area contributed by atoms with Crippen molar-refractivity contribution in [3.8, 4) is 6.07 Å². The van der Waals surface area contributed by atoms with Crippen LogP contribution in [-0.2, 0) is 13.0 Å². The molecule has 0 radical (unpaired) electrons. The van der Waals surface area contributed by atoms with Crippen LogP contribution < -0.4 is 0 Å². The first kappa shape index (κ1) is 11.7. The molecule has 0 bridgehead atoms. The summed E-state index contributed by atoms with van der Waals surface area (Å²) in [4.78, 5) is 0. The molecule has 0 saturated carbocycles. The van der Waals surface area contributed by atoms with E-state index in [1.54, 1.807) is 0 Å². The Bertz CT molecular complexity index is 335. The predicted molar refractivity (Wildman–Crippen MR) is 58.2 cm³/mol. The van der Waals surface area contributed by atoms with Crippen LogP contribution in [-0.4, -0.2) is 15.0 Å². The van der Waals surface area contributed by atoms with E-state index in [2.05, 4.69) is 23.3 Å². The number of rotatable bonds is 6. The average Bonchev–Trinajstić information content (AvgIpc) is 2.57. The molecular formula is C11H18N4. The van der Waals surface area contributed by atoms with Gasteiger partial charge in [-0.15, -0.1) is 5.10 Å². The highest BCUT2D eigenvalue weighted by Crippen LogP contribution is 2.07. The van der Waals surface area contributed by atoms with Gasteiger partial charge in [0.25, 0.3) is 0 Å². The zero-order valence-corrected chi connectivity index (χ0v) is 9.53. The van der Waals surface area contributed by atoms with Crippen molar-refractivity contribution in [1.82, 2.24) is 15.0 Å². The van der Waals surface area contributed by atoms with E-state index in [-0.39, 0.29) is 0 Å². The highest BCUT2D eigenvalue weighted by molar-refractivity contribution is 5.11. The van der Waals surface area contributed by atoms with Gasteiger partial charge in [-0.25, -0.2) is 4.68 Å². The molecule has 0 saturated heterocycles. The molecule has 0 unspecified atom stereocenters. The first-order valence-electron chi connectivity index (χ1n) is 5.55. The van der Waals surface area contributed by atoms with Crippen LogP contribution in [0.1, 0.15) is 44.0 Å². The molecule has 82 valence electrons. The first-order valence-corrected chi connectivity index (χ1v) is 5.55. The Hall–Kier alpha value is -1.37. The van der Waals surface area contributed by atoms with Crippen molar-refractivity contribution < 1.29 is 0 Å². The fourth-order valence-corrected chi connectivity index (χ4v) is 1.54. The average molecular weight is 206 g/mol. The molecular weight excluding hydrogens is 188 g/mol. The second-order valence-corrected chi connectivity index (χ2v) is 3.74. The Labute approximate surface area is 90.9 Å². The van der Waals surface area contributed by atoms with Gasteiger partial charge < -0.3 is 0 Å². The minimum Gasteiger partial charge on any atom is -0.249 e. The third-order valence-corrected chi connectivity index (χ3v) is 2.55. The SMILES string of the molecule is CCCCCCn1nnc(CC#N)c1C. The van der Waals surface area contributed by atoms with Gasteiger partial charge in [0.15, 0.2) is 0 Å². The summed E-state index contributed by atoms with van der Waals surface area (Å²) in [5, 5.41) is 16.6. The van der Waals surface area contributed by atoms with Crippen molar-refractivity contribution >= 4 is 0 Å². The fraction of sp³-hybridized carbons (Fsp3) is 0.727. The van der Waals surface area contributed by atoms with Crippen LogP contribution >= 0.6 is 0 Å². The van der Waals surface area contributed by atoms with Gasteiger partial charge in [0, 0.05) is 6.54 Å². The molecule has 0 aliphatic heterocycles. The zero-order chi connectivity index (χ0) is 11.1. The summed E-state index contributed by atoms with van der Waals surface area (Å²) in [5.74, 6) is 0. The molecule has 0 aliphatic rings. The molecule has 1 aromatic rings. The third kappa shape index (κ3) is 3.35. The number of nitriles is 1. The maximum atomic E-state index is 8.57. The maximum Gasteiger partial charge on any atom is 0.0996 e. The first-order chi connectivity index (χ1) is 7.29. The normalized spacial score (nSPS) is 10.2. The van der Waals surface area contributed by atoms with Gasteiger partial charge in [-0.2, -0.15) is 5.26 Å². The highest BCUT2D eigenvalue weighted by Gasteiger charge is 2.06. The number of aromatic nitrogens is 3. The van der Waals surface area contributed by atoms with E-state index in [0.717, 1.165) is 24.4 Å². The van der Waals surface area contributed by atoms with Gasteiger partial charge in [0.2, 0.25) is 0 Å². The van der Waals surface area contributed by atoms with Crippen molar-refractivity contribution in [2.75, 3.05) is 0 Å². The van der Waals surface area contributed by atoms with Gasteiger partial charge in [0.05, 0.1) is 23.9 Å². The maximum absolute atomic E-state index is 8.57. The second-order valence-electron chi connectivity index (χ2n) is 3.74. The fourth-order valence-electron chi connectivity index (χ4n) is 1.54. The summed E-state index contributed by atoms with van der Waals surface area (Å²) in [5.41, 5.74) is 1.85. The van der Waals surface area contributed by atoms with Crippen LogP contribution in [0.15, 0.2) is 0 Å². The van der Waals surface area contributed by atoms with Crippen molar-refractivity contribution in [2.45, 2.75) is 52.5 Å². The summed E-state index contributed by atoms with van der Waals surface area (Å²) in [7, 11) is 0. The molecule has 15 heavy (non-hydrogen) atoms. The molecule has 0 spiro atoms. The Morgan fingerprint density at radius 1 is 1.33 bits per heavy atom. The molecule has 0 aliphatic carbocycles. The Balaban J connectivity index is 2.44. The van der Waals surface area contributed by atoms with E-state index in [4.69, 9.17) is 5.26 Å². The lowest BCUT2D eigenvalue weighted by molar-refractivity contribution is 0.519. The van der Waals surface area contributed by atoms with Gasteiger partial charge >= 0.3 is 0 Å². The van der Waals surface area contributed by atoms with Gasteiger partial charge in [-0.05, 0) is 13.3 Å². The third-order valence-electron chi connectivity index (χ3n) is 2.55. The van der Waals surface area contributed by atoms with Crippen molar-refractivity contribution in [1.29, 1.82) is 5.26 Å². The Morgan fingerprint density at radius 3 is 2.80 bits per heavy atom. The van der Waals surface area contributed by atoms with Crippen LogP contribution in [0.25, 0.3) is 0 Å². The number of unbranched alkanes of at least 4 members (excludes halogenated alkanes) is 3. The molecule has 4 heteroatoms. The molecule has 0 fully saturated rings. The van der Waals surface area contributed by atoms with E-state index < -0.39 is 0 Å². The van der Waals surface area contributed by atoms with E-state index in [1.165, 1.54) is 19.3 Å². The van der Waals surface area contributed by atoms with E-state index in [0.29, 0.717) is 6.42 Å².